The lowest BCUT2D eigenvalue weighted by molar-refractivity contribution is 0.127. The van der Waals surface area contributed by atoms with Gasteiger partial charge in [-0.05, 0) is 42.8 Å². The van der Waals surface area contributed by atoms with Crippen molar-refractivity contribution < 1.29 is 19.0 Å². The second-order valence-corrected chi connectivity index (χ2v) is 9.16. The van der Waals surface area contributed by atoms with Crippen molar-refractivity contribution in [3.63, 3.8) is 0 Å². The van der Waals surface area contributed by atoms with Gasteiger partial charge < -0.3 is 20.9 Å². The zero-order valence-corrected chi connectivity index (χ0v) is 18.7. The predicted octanol–water partition coefficient (Wildman–Crippen LogP) is 3.46. The number of nitrogens with one attached hydrogen (secondary N) is 1. The summed E-state index contributed by atoms with van der Waals surface area (Å²) >= 11 is 0. The number of likely N-dealkylation sites (tertiary alicyclic amines) is 1. The Morgan fingerprint density at radius 1 is 1.26 bits per heavy atom. The minimum absolute atomic E-state index is 0.0293. The Morgan fingerprint density at radius 2 is 2.06 bits per heavy atom. The fraction of sp³-hybridized carbons (Fsp3) is 0.375. The molecule has 2 fully saturated rings. The van der Waals surface area contributed by atoms with Crippen molar-refractivity contribution in [2.75, 3.05) is 42.2 Å². The molecular weight excluding hydrogens is 439 g/mol. The molecule has 3 aliphatic rings. The van der Waals surface area contributed by atoms with E-state index in [1.807, 2.05) is 6.92 Å². The Hall–Kier alpha value is -3.66. The predicted molar refractivity (Wildman–Crippen MR) is 127 cm³/mol. The van der Waals surface area contributed by atoms with Crippen LogP contribution in [0.25, 0.3) is 21.9 Å². The largest absolute Gasteiger partial charge is 0.474 e. The van der Waals surface area contributed by atoms with Gasteiger partial charge >= 0.3 is 6.09 Å². The lowest BCUT2D eigenvalue weighted by atomic mass is 9.97. The average Bonchev–Trinajstić information content (AvgIpc) is 3.63. The van der Waals surface area contributed by atoms with Crippen LogP contribution in [0.15, 0.2) is 24.5 Å². The topological polar surface area (TPSA) is 117 Å². The summed E-state index contributed by atoms with van der Waals surface area (Å²) in [5, 5.41) is 14.2. The summed E-state index contributed by atoms with van der Waals surface area (Å²) in [5.74, 6) is 0.247. The van der Waals surface area contributed by atoms with Crippen LogP contribution in [0.1, 0.15) is 18.4 Å². The summed E-state index contributed by atoms with van der Waals surface area (Å²) in [6.07, 6.45) is 4.34. The van der Waals surface area contributed by atoms with Gasteiger partial charge in [0.1, 0.15) is 18.1 Å². The highest BCUT2D eigenvalue weighted by molar-refractivity contribution is 6.00. The number of nitrogen functional groups attached to an aromatic ring is 1. The Kier molecular flexibility index (Phi) is 4.73. The number of benzene rings is 1. The summed E-state index contributed by atoms with van der Waals surface area (Å²) in [6, 6.07) is 3.79. The first kappa shape index (κ1) is 20.9. The summed E-state index contributed by atoms with van der Waals surface area (Å²) in [7, 11) is 0. The number of fused-ring (bicyclic) bond motifs is 2. The van der Waals surface area contributed by atoms with E-state index in [4.69, 9.17) is 10.5 Å². The van der Waals surface area contributed by atoms with E-state index < -0.39 is 11.9 Å². The van der Waals surface area contributed by atoms with E-state index >= 15 is 4.39 Å². The molecule has 2 aliphatic heterocycles. The molecule has 1 amide bonds. The molecular formula is C24H25FN6O3. The van der Waals surface area contributed by atoms with Gasteiger partial charge in [-0.15, -0.1) is 0 Å². The molecule has 34 heavy (non-hydrogen) atoms. The zero-order valence-electron chi connectivity index (χ0n) is 18.7. The number of ether oxygens (including phenoxy) is 1. The number of aromatic nitrogens is 2. The molecule has 3 aromatic rings. The number of carboxylic acid groups (broad SMARTS) is 1. The van der Waals surface area contributed by atoms with Crippen molar-refractivity contribution in [3.05, 3.63) is 35.9 Å². The third-order valence-electron chi connectivity index (χ3n) is 6.99. The van der Waals surface area contributed by atoms with Crippen LogP contribution in [0.3, 0.4) is 0 Å². The van der Waals surface area contributed by atoms with Gasteiger partial charge in [0.2, 0.25) is 5.88 Å². The fourth-order valence-electron chi connectivity index (χ4n) is 4.94. The highest BCUT2D eigenvalue weighted by Gasteiger charge is 2.42. The van der Waals surface area contributed by atoms with Gasteiger partial charge in [0, 0.05) is 54.6 Å². The second kappa shape index (κ2) is 7.69. The molecule has 9 nitrogen and oxygen atoms in total. The minimum Gasteiger partial charge on any atom is -0.474 e. The van der Waals surface area contributed by atoms with Crippen molar-refractivity contribution in [2.24, 2.45) is 0 Å². The van der Waals surface area contributed by atoms with Crippen LogP contribution in [0.4, 0.5) is 26.4 Å². The van der Waals surface area contributed by atoms with Gasteiger partial charge in [-0.25, -0.2) is 19.2 Å². The lowest BCUT2D eigenvalue weighted by Gasteiger charge is -2.44. The van der Waals surface area contributed by atoms with Crippen LogP contribution < -0.4 is 20.7 Å². The molecule has 1 aromatic carbocycles. The molecule has 6 rings (SSSR count). The molecule has 0 unspecified atom stereocenters. The van der Waals surface area contributed by atoms with E-state index in [9.17, 15) is 9.90 Å². The van der Waals surface area contributed by atoms with Gasteiger partial charge in [0.15, 0.2) is 5.82 Å². The normalized spacial score (nSPS) is 18.1. The first-order chi connectivity index (χ1) is 16.4. The van der Waals surface area contributed by atoms with Gasteiger partial charge in [-0.1, -0.05) is 0 Å². The van der Waals surface area contributed by atoms with E-state index in [0.717, 1.165) is 11.3 Å². The maximum absolute atomic E-state index is 15.4. The molecule has 4 N–H and O–H groups in total. The van der Waals surface area contributed by atoms with E-state index in [0.29, 0.717) is 65.9 Å². The van der Waals surface area contributed by atoms with Crippen LogP contribution in [-0.4, -0.2) is 64.4 Å². The van der Waals surface area contributed by atoms with Crippen LogP contribution in [-0.2, 0) is 0 Å². The van der Waals surface area contributed by atoms with Crippen molar-refractivity contribution in [1.82, 2.24) is 14.9 Å². The molecule has 0 spiro atoms. The molecule has 2 aromatic heterocycles. The Balaban J connectivity index is 1.41. The van der Waals surface area contributed by atoms with E-state index in [2.05, 4.69) is 20.2 Å². The maximum Gasteiger partial charge on any atom is 0.413 e. The van der Waals surface area contributed by atoms with Crippen LogP contribution in [0.2, 0.25) is 0 Å². The van der Waals surface area contributed by atoms with Crippen molar-refractivity contribution >= 4 is 34.1 Å². The van der Waals surface area contributed by atoms with Crippen LogP contribution in [0, 0.1) is 12.7 Å². The number of nitrogens with zero attached hydrogens (tertiary/aromatic N) is 4. The molecule has 1 aliphatic carbocycles. The molecule has 1 saturated heterocycles. The zero-order chi connectivity index (χ0) is 23.6. The molecule has 4 heterocycles. The van der Waals surface area contributed by atoms with E-state index in [1.54, 1.807) is 18.3 Å². The number of anilines is 3. The van der Waals surface area contributed by atoms with Gasteiger partial charge in [0.05, 0.1) is 11.7 Å². The van der Waals surface area contributed by atoms with Crippen molar-refractivity contribution in [2.45, 2.75) is 31.8 Å². The molecule has 10 heteroatoms. The van der Waals surface area contributed by atoms with Gasteiger partial charge in [-0.2, -0.15) is 0 Å². The highest BCUT2D eigenvalue weighted by atomic mass is 19.1. The number of carbonyl (C=O) groups is 1. The average molecular weight is 465 g/mol. The van der Waals surface area contributed by atoms with E-state index in [-0.39, 0.29) is 11.7 Å². The molecule has 176 valence electrons. The SMILES string of the molecule is Cc1c(-c2cc3cc(N(C(=O)O)C4CN(C5CC5)C4)ncc3c(N)c2F)cnc2c1NCCO2. The van der Waals surface area contributed by atoms with Crippen LogP contribution in [0.5, 0.6) is 5.88 Å². The number of rotatable bonds is 4. The third-order valence-corrected chi connectivity index (χ3v) is 6.99. The molecule has 0 atom stereocenters. The number of pyridine rings is 2. The van der Waals surface area contributed by atoms with Crippen molar-refractivity contribution in [3.8, 4) is 17.0 Å². The van der Waals surface area contributed by atoms with Crippen molar-refractivity contribution in [1.29, 1.82) is 0 Å². The van der Waals surface area contributed by atoms with E-state index in [1.165, 1.54) is 23.9 Å². The third kappa shape index (κ3) is 3.28. The van der Waals surface area contributed by atoms with Gasteiger partial charge in [-0.3, -0.25) is 9.80 Å². The summed E-state index contributed by atoms with van der Waals surface area (Å²) in [4.78, 5) is 24.4. The lowest BCUT2D eigenvalue weighted by Crippen LogP contribution is -2.61. The highest BCUT2D eigenvalue weighted by Crippen LogP contribution is 2.40. The summed E-state index contributed by atoms with van der Waals surface area (Å²) < 4.78 is 21.0. The Bertz CT molecular complexity index is 1320. The second-order valence-electron chi connectivity index (χ2n) is 9.16. The Labute approximate surface area is 195 Å². The molecule has 0 bridgehead atoms. The quantitative estimate of drug-likeness (QED) is 0.503. The number of hydrogen-bond acceptors (Lipinski definition) is 7. The molecule has 0 radical (unpaired) electrons. The number of nitrogens with two attached hydrogens (primary N) is 1. The summed E-state index contributed by atoms with van der Waals surface area (Å²) in [6.45, 7) is 4.43. The number of halogens is 1. The Morgan fingerprint density at radius 3 is 2.79 bits per heavy atom. The first-order valence-electron chi connectivity index (χ1n) is 11.4. The first-order valence-corrected chi connectivity index (χ1v) is 11.4. The maximum atomic E-state index is 15.4. The minimum atomic E-state index is -1.05. The standard InChI is InChI=1S/C24H25FN6O3/c1-12-17(8-29-23-22(12)27-4-5-34-23)16-6-13-7-19(28-9-18(13)21(26)20(16)25)31(24(32)33)15-10-30(11-15)14-2-3-14/h6-9,14-15,27H,2-5,10-11,26H2,1H3,(H,32,33). The number of hydrogen-bond donors (Lipinski definition) is 3. The summed E-state index contributed by atoms with van der Waals surface area (Å²) in [5.41, 5.74) is 8.58. The fourth-order valence-corrected chi connectivity index (χ4v) is 4.94. The van der Waals surface area contributed by atoms with Gasteiger partial charge in [0.25, 0.3) is 0 Å². The number of amides is 1. The van der Waals surface area contributed by atoms with Crippen LogP contribution >= 0.6 is 0 Å². The molecule has 1 saturated carbocycles. The monoisotopic (exact) mass is 464 g/mol. The smallest absolute Gasteiger partial charge is 0.413 e.